The SMILES string of the molecule is COCCNC(=O)CN1CCCC(NC2CC2)C1=O. The highest BCUT2D eigenvalue weighted by atomic mass is 16.5. The van der Waals surface area contributed by atoms with Gasteiger partial charge in [-0.2, -0.15) is 0 Å². The molecule has 0 spiro atoms. The van der Waals surface area contributed by atoms with E-state index in [1.165, 1.54) is 12.8 Å². The molecule has 0 aromatic carbocycles. The van der Waals surface area contributed by atoms with Gasteiger partial charge >= 0.3 is 0 Å². The van der Waals surface area contributed by atoms with Crippen molar-refractivity contribution in [1.29, 1.82) is 0 Å². The summed E-state index contributed by atoms with van der Waals surface area (Å²) in [7, 11) is 1.59. The van der Waals surface area contributed by atoms with Gasteiger partial charge in [-0.3, -0.25) is 9.59 Å². The summed E-state index contributed by atoms with van der Waals surface area (Å²) >= 11 is 0. The van der Waals surface area contributed by atoms with Crippen LogP contribution in [0.4, 0.5) is 0 Å². The van der Waals surface area contributed by atoms with Gasteiger partial charge in [-0.15, -0.1) is 0 Å². The number of hydrogen-bond acceptors (Lipinski definition) is 4. The second kappa shape index (κ2) is 6.86. The van der Waals surface area contributed by atoms with Gasteiger partial charge in [0, 0.05) is 26.2 Å². The zero-order valence-corrected chi connectivity index (χ0v) is 11.5. The van der Waals surface area contributed by atoms with Crippen LogP contribution in [-0.4, -0.2) is 62.1 Å². The molecule has 0 radical (unpaired) electrons. The smallest absolute Gasteiger partial charge is 0.240 e. The molecule has 1 aliphatic heterocycles. The maximum absolute atomic E-state index is 12.2. The second-order valence-corrected chi connectivity index (χ2v) is 5.24. The molecule has 6 nitrogen and oxygen atoms in total. The quantitative estimate of drug-likeness (QED) is 0.611. The monoisotopic (exact) mass is 269 g/mol. The Bertz CT molecular complexity index is 331. The number of amides is 2. The van der Waals surface area contributed by atoms with Gasteiger partial charge in [0.15, 0.2) is 0 Å². The molecule has 1 aliphatic carbocycles. The topological polar surface area (TPSA) is 70.7 Å². The van der Waals surface area contributed by atoms with E-state index in [9.17, 15) is 9.59 Å². The van der Waals surface area contributed by atoms with Crippen molar-refractivity contribution in [3.8, 4) is 0 Å². The summed E-state index contributed by atoms with van der Waals surface area (Å²) in [5.41, 5.74) is 0. The average molecular weight is 269 g/mol. The zero-order valence-electron chi connectivity index (χ0n) is 11.5. The van der Waals surface area contributed by atoms with Gasteiger partial charge in [-0.25, -0.2) is 0 Å². The van der Waals surface area contributed by atoms with Crippen molar-refractivity contribution >= 4 is 11.8 Å². The van der Waals surface area contributed by atoms with Crippen molar-refractivity contribution in [2.75, 3.05) is 33.4 Å². The van der Waals surface area contributed by atoms with Gasteiger partial charge in [0.25, 0.3) is 0 Å². The molecule has 1 heterocycles. The predicted octanol–water partition coefficient (Wildman–Crippen LogP) is -0.508. The first kappa shape index (κ1) is 14.3. The van der Waals surface area contributed by atoms with Crippen LogP contribution in [0.2, 0.25) is 0 Å². The lowest BCUT2D eigenvalue weighted by molar-refractivity contribution is -0.140. The van der Waals surface area contributed by atoms with Crippen LogP contribution in [0.5, 0.6) is 0 Å². The molecule has 1 atom stereocenters. The predicted molar refractivity (Wildman–Crippen MR) is 70.6 cm³/mol. The van der Waals surface area contributed by atoms with Crippen LogP contribution >= 0.6 is 0 Å². The molecule has 108 valence electrons. The second-order valence-electron chi connectivity index (χ2n) is 5.24. The largest absolute Gasteiger partial charge is 0.383 e. The fourth-order valence-corrected chi connectivity index (χ4v) is 2.31. The van der Waals surface area contributed by atoms with E-state index < -0.39 is 0 Å². The van der Waals surface area contributed by atoms with Gasteiger partial charge in [0.2, 0.25) is 11.8 Å². The van der Waals surface area contributed by atoms with E-state index in [1.807, 2.05) is 0 Å². The Labute approximate surface area is 113 Å². The van der Waals surface area contributed by atoms with E-state index in [0.29, 0.717) is 25.7 Å². The van der Waals surface area contributed by atoms with Crippen LogP contribution < -0.4 is 10.6 Å². The van der Waals surface area contributed by atoms with Crippen LogP contribution in [0.15, 0.2) is 0 Å². The lowest BCUT2D eigenvalue weighted by Crippen LogP contribution is -2.53. The highest BCUT2D eigenvalue weighted by Gasteiger charge is 2.33. The molecule has 1 unspecified atom stereocenters. The number of carbonyl (C=O) groups is 2. The fourth-order valence-electron chi connectivity index (χ4n) is 2.31. The molecular weight excluding hydrogens is 246 g/mol. The normalized spacial score (nSPS) is 23.5. The fraction of sp³-hybridized carbons (Fsp3) is 0.846. The maximum Gasteiger partial charge on any atom is 0.240 e. The molecule has 0 bridgehead atoms. The van der Waals surface area contributed by atoms with E-state index in [1.54, 1.807) is 12.0 Å². The molecule has 19 heavy (non-hydrogen) atoms. The van der Waals surface area contributed by atoms with Crippen molar-refractivity contribution in [3.63, 3.8) is 0 Å². The third kappa shape index (κ3) is 4.47. The molecule has 1 saturated carbocycles. The molecule has 2 fully saturated rings. The number of methoxy groups -OCH3 is 1. The number of rotatable bonds is 7. The lowest BCUT2D eigenvalue weighted by atomic mass is 10.0. The van der Waals surface area contributed by atoms with Crippen molar-refractivity contribution in [2.45, 2.75) is 37.8 Å². The highest BCUT2D eigenvalue weighted by molar-refractivity contribution is 5.88. The minimum absolute atomic E-state index is 0.0695. The Balaban J connectivity index is 1.75. The van der Waals surface area contributed by atoms with E-state index in [-0.39, 0.29) is 24.4 Å². The minimum atomic E-state index is -0.113. The standard InChI is InChI=1S/C13H23N3O3/c1-19-8-6-14-12(17)9-16-7-2-3-11(13(16)18)15-10-4-5-10/h10-11,15H,2-9H2,1H3,(H,14,17). The highest BCUT2D eigenvalue weighted by Crippen LogP contribution is 2.22. The van der Waals surface area contributed by atoms with Gasteiger partial charge in [-0.05, 0) is 25.7 Å². The summed E-state index contributed by atoms with van der Waals surface area (Å²) in [5.74, 6) is -0.0440. The van der Waals surface area contributed by atoms with E-state index in [0.717, 1.165) is 12.8 Å². The molecule has 1 saturated heterocycles. The van der Waals surface area contributed by atoms with E-state index in [4.69, 9.17) is 4.74 Å². The number of ether oxygens (including phenoxy) is 1. The van der Waals surface area contributed by atoms with E-state index in [2.05, 4.69) is 10.6 Å². The number of hydrogen-bond donors (Lipinski definition) is 2. The van der Waals surface area contributed by atoms with Gasteiger partial charge < -0.3 is 20.3 Å². The zero-order chi connectivity index (χ0) is 13.7. The molecular formula is C13H23N3O3. The summed E-state index contributed by atoms with van der Waals surface area (Å²) in [6.07, 6.45) is 4.18. The first-order valence-electron chi connectivity index (χ1n) is 7.01. The number of piperidine rings is 1. The van der Waals surface area contributed by atoms with Crippen LogP contribution in [0.25, 0.3) is 0 Å². The molecule has 0 aromatic rings. The van der Waals surface area contributed by atoms with Gasteiger partial charge in [-0.1, -0.05) is 0 Å². The molecule has 2 N–H and O–H groups in total. The molecule has 2 rings (SSSR count). The van der Waals surface area contributed by atoms with Crippen molar-refractivity contribution in [2.24, 2.45) is 0 Å². The molecule has 2 amide bonds. The Hall–Kier alpha value is -1.14. The summed E-state index contributed by atoms with van der Waals surface area (Å²) < 4.78 is 4.87. The van der Waals surface area contributed by atoms with Crippen LogP contribution in [0, 0.1) is 0 Å². The number of likely N-dealkylation sites (tertiary alicyclic amines) is 1. The Morgan fingerprint density at radius 1 is 1.42 bits per heavy atom. The van der Waals surface area contributed by atoms with Crippen molar-refractivity contribution < 1.29 is 14.3 Å². The Morgan fingerprint density at radius 2 is 2.21 bits per heavy atom. The molecule has 6 heteroatoms. The van der Waals surface area contributed by atoms with Gasteiger partial charge in [0.05, 0.1) is 19.2 Å². The number of nitrogens with one attached hydrogen (secondary N) is 2. The van der Waals surface area contributed by atoms with E-state index >= 15 is 0 Å². The minimum Gasteiger partial charge on any atom is -0.383 e. The molecule has 2 aliphatic rings. The summed E-state index contributed by atoms with van der Waals surface area (Å²) in [6.45, 7) is 1.82. The third-order valence-electron chi connectivity index (χ3n) is 3.51. The Kier molecular flexibility index (Phi) is 5.15. The summed E-state index contributed by atoms with van der Waals surface area (Å²) in [6, 6.07) is 0.428. The summed E-state index contributed by atoms with van der Waals surface area (Å²) in [4.78, 5) is 25.6. The Morgan fingerprint density at radius 3 is 2.89 bits per heavy atom. The molecule has 0 aromatic heterocycles. The van der Waals surface area contributed by atoms with Crippen LogP contribution in [0.3, 0.4) is 0 Å². The average Bonchev–Trinajstić information content (AvgIpc) is 3.19. The first-order chi connectivity index (χ1) is 9.20. The van der Waals surface area contributed by atoms with Crippen molar-refractivity contribution in [3.05, 3.63) is 0 Å². The maximum atomic E-state index is 12.2. The third-order valence-corrected chi connectivity index (χ3v) is 3.51. The number of carbonyl (C=O) groups excluding carboxylic acids is 2. The lowest BCUT2D eigenvalue weighted by Gasteiger charge is -2.32. The van der Waals surface area contributed by atoms with Crippen molar-refractivity contribution in [1.82, 2.24) is 15.5 Å². The summed E-state index contributed by atoms with van der Waals surface area (Å²) in [5, 5.41) is 6.10. The number of nitrogens with zero attached hydrogens (tertiary/aromatic N) is 1. The van der Waals surface area contributed by atoms with Gasteiger partial charge in [0.1, 0.15) is 0 Å². The van der Waals surface area contributed by atoms with Crippen LogP contribution in [-0.2, 0) is 14.3 Å². The first-order valence-corrected chi connectivity index (χ1v) is 7.01. The van der Waals surface area contributed by atoms with Crippen LogP contribution in [0.1, 0.15) is 25.7 Å².